The molecule has 0 saturated carbocycles. The molecule has 0 amide bonds. The average molecular weight is 324 g/mol. The van der Waals surface area contributed by atoms with Crippen LogP contribution in [0.4, 0.5) is 0 Å². The molecule has 0 aliphatic carbocycles. The molecule has 1 unspecified atom stereocenters. The first-order valence-electron chi connectivity index (χ1n) is 8.39. The number of imidazole rings is 1. The maximum atomic E-state index is 13.2. The first-order valence-corrected chi connectivity index (χ1v) is 8.39. The molecule has 0 bridgehead atoms. The number of aromatic nitrogens is 2. The first-order chi connectivity index (χ1) is 12.2. The summed E-state index contributed by atoms with van der Waals surface area (Å²) in [6, 6.07) is 26.0. The van der Waals surface area contributed by atoms with E-state index in [9.17, 15) is 4.79 Å². The van der Waals surface area contributed by atoms with E-state index in [0.29, 0.717) is 0 Å². The second-order valence-corrected chi connectivity index (χ2v) is 6.60. The van der Waals surface area contributed by atoms with Crippen LogP contribution in [0.2, 0.25) is 0 Å². The van der Waals surface area contributed by atoms with Crippen molar-refractivity contribution in [3.8, 4) is 0 Å². The second kappa shape index (κ2) is 4.90. The minimum atomic E-state index is -0.481. The van der Waals surface area contributed by atoms with Crippen molar-refractivity contribution in [2.24, 2.45) is 0 Å². The molecule has 2 heterocycles. The quantitative estimate of drug-likeness (QED) is 0.520. The van der Waals surface area contributed by atoms with Crippen LogP contribution in [-0.4, -0.2) is 15.5 Å². The lowest BCUT2D eigenvalue weighted by molar-refractivity contribution is 0.0949. The van der Waals surface area contributed by atoms with Gasteiger partial charge >= 0.3 is 0 Å². The van der Waals surface area contributed by atoms with E-state index in [4.69, 9.17) is 4.98 Å². The van der Waals surface area contributed by atoms with Crippen LogP contribution in [0.1, 0.15) is 34.2 Å². The Balaban J connectivity index is 1.95. The van der Waals surface area contributed by atoms with Crippen molar-refractivity contribution in [1.29, 1.82) is 0 Å². The summed E-state index contributed by atoms with van der Waals surface area (Å²) >= 11 is 0. The van der Waals surface area contributed by atoms with Crippen LogP contribution in [-0.2, 0) is 5.41 Å². The van der Waals surface area contributed by atoms with Crippen LogP contribution in [0.3, 0.4) is 0 Å². The molecule has 0 saturated heterocycles. The number of carbonyl (C=O) groups is 1. The number of hydrogen-bond acceptors (Lipinski definition) is 2. The summed E-state index contributed by atoms with van der Waals surface area (Å²) in [6.45, 7) is 2.16. The summed E-state index contributed by atoms with van der Waals surface area (Å²) in [6.07, 6.45) is 0. The molecule has 1 atom stereocenters. The highest BCUT2D eigenvalue weighted by molar-refractivity contribution is 6.05. The number of hydrogen-bond donors (Lipinski definition) is 0. The normalized spacial score (nSPS) is 18.8. The zero-order valence-corrected chi connectivity index (χ0v) is 13.8. The van der Waals surface area contributed by atoms with E-state index in [1.54, 1.807) is 4.57 Å². The van der Waals surface area contributed by atoms with E-state index in [-0.39, 0.29) is 5.91 Å². The minimum Gasteiger partial charge on any atom is -0.268 e. The van der Waals surface area contributed by atoms with Crippen LogP contribution >= 0.6 is 0 Å². The van der Waals surface area contributed by atoms with Crippen LogP contribution < -0.4 is 0 Å². The van der Waals surface area contributed by atoms with E-state index in [0.717, 1.165) is 33.5 Å². The molecule has 1 aromatic heterocycles. The molecule has 0 fully saturated rings. The first kappa shape index (κ1) is 14.2. The van der Waals surface area contributed by atoms with Crippen molar-refractivity contribution in [2.45, 2.75) is 12.3 Å². The lowest BCUT2D eigenvalue weighted by atomic mass is 9.71. The smallest absolute Gasteiger partial charge is 0.264 e. The maximum absolute atomic E-state index is 13.2. The largest absolute Gasteiger partial charge is 0.268 e. The zero-order chi connectivity index (χ0) is 17.0. The predicted octanol–water partition coefficient (Wildman–Crippen LogP) is 4.39. The summed E-state index contributed by atoms with van der Waals surface area (Å²) in [5.74, 6) is 0.774. The third-order valence-electron chi connectivity index (χ3n) is 5.26. The van der Waals surface area contributed by atoms with Gasteiger partial charge in [-0.1, -0.05) is 60.7 Å². The van der Waals surface area contributed by atoms with Crippen molar-refractivity contribution in [3.05, 3.63) is 101 Å². The topological polar surface area (TPSA) is 34.9 Å². The molecule has 0 radical (unpaired) electrons. The molecule has 3 aromatic carbocycles. The summed E-state index contributed by atoms with van der Waals surface area (Å²) in [7, 11) is 0. The van der Waals surface area contributed by atoms with Gasteiger partial charge in [0.25, 0.3) is 5.91 Å². The van der Waals surface area contributed by atoms with Gasteiger partial charge in [-0.3, -0.25) is 9.36 Å². The summed E-state index contributed by atoms with van der Waals surface area (Å²) in [5.41, 5.74) is 4.11. The van der Waals surface area contributed by atoms with Crippen molar-refractivity contribution in [3.63, 3.8) is 0 Å². The van der Waals surface area contributed by atoms with Crippen LogP contribution in [0.5, 0.6) is 0 Å². The van der Waals surface area contributed by atoms with Gasteiger partial charge in [0.1, 0.15) is 5.82 Å². The Hall–Kier alpha value is -3.20. The van der Waals surface area contributed by atoms with Crippen molar-refractivity contribution < 1.29 is 4.79 Å². The monoisotopic (exact) mass is 324 g/mol. The van der Waals surface area contributed by atoms with Gasteiger partial charge in [0.15, 0.2) is 0 Å². The van der Waals surface area contributed by atoms with E-state index < -0.39 is 5.41 Å². The fourth-order valence-electron chi connectivity index (χ4n) is 3.97. The van der Waals surface area contributed by atoms with Gasteiger partial charge in [-0.05, 0) is 36.2 Å². The predicted molar refractivity (Wildman–Crippen MR) is 97.9 cm³/mol. The van der Waals surface area contributed by atoms with Gasteiger partial charge in [0.05, 0.1) is 16.4 Å². The number of fused-ring (bicyclic) bond motifs is 4. The minimum absolute atomic E-state index is 0.00675. The Morgan fingerprint density at radius 1 is 0.840 bits per heavy atom. The van der Waals surface area contributed by atoms with Crippen LogP contribution in [0.25, 0.3) is 11.0 Å². The van der Waals surface area contributed by atoms with E-state index in [2.05, 4.69) is 19.1 Å². The number of rotatable bonds is 1. The number of carbonyl (C=O) groups excluding carboxylic acids is 1. The maximum Gasteiger partial charge on any atom is 0.264 e. The molecule has 4 aromatic rings. The second-order valence-electron chi connectivity index (χ2n) is 6.60. The molecule has 0 spiro atoms. The van der Waals surface area contributed by atoms with E-state index in [1.807, 2.05) is 66.7 Å². The number of nitrogens with zero attached hydrogens (tertiary/aromatic N) is 2. The molecule has 25 heavy (non-hydrogen) atoms. The molecule has 3 nitrogen and oxygen atoms in total. The highest BCUT2D eigenvalue weighted by Gasteiger charge is 2.43. The summed E-state index contributed by atoms with van der Waals surface area (Å²) in [4.78, 5) is 18.1. The Labute approximate surface area is 145 Å². The highest BCUT2D eigenvalue weighted by atomic mass is 16.2. The van der Waals surface area contributed by atoms with Crippen molar-refractivity contribution in [2.75, 3.05) is 0 Å². The SMILES string of the molecule is CC1(c2ccccc2)c2ccccc2C(=O)n2c1nc1ccccc12. The number of benzene rings is 3. The Kier molecular flexibility index (Phi) is 2.78. The van der Waals surface area contributed by atoms with E-state index in [1.165, 1.54) is 0 Å². The van der Waals surface area contributed by atoms with Gasteiger partial charge in [-0.25, -0.2) is 4.98 Å². The third kappa shape index (κ3) is 1.75. The zero-order valence-electron chi connectivity index (χ0n) is 13.8. The highest BCUT2D eigenvalue weighted by Crippen LogP contribution is 2.44. The molecular weight excluding hydrogens is 308 g/mol. The fourth-order valence-corrected chi connectivity index (χ4v) is 3.97. The molecule has 1 aliphatic rings. The Morgan fingerprint density at radius 3 is 2.36 bits per heavy atom. The average Bonchev–Trinajstić information content (AvgIpc) is 3.07. The molecule has 1 aliphatic heterocycles. The fraction of sp³-hybridized carbons (Fsp3) is 0.0909. The van der Waals surface area contributed by atoms with Gasteiger partial charge in [0, 0.05) is 5.56 Å². The summed E-state index contributed by atoms with van der Waals surface area (Å²) in [5, 5.41) is 0. The standard InChI is InChI=1S/C22H16N2O/c1-22(15-9-3-2-4-10-15)17-12-6-5-11-16(17)20(25)24-19-14-8-7-13-18(19)23-21(22)24/h2-14H,1H3. The third-order valence-corrected chi connectivity index (χ3v) is 5.26. The Bertz CT molecular complexity index is 1130. The summed E-state index contributed by atoms with van der Waals surface area (Å²) < 4.78 is 1.78. The van der Waals surface area contributed by atoms with E-state index >= 15 is 0 Å². The van der Waals surface area contributed by atoms with Crippen LogP contribution in [0, 0.1) is 0 Å². The van der Waals surface area contributed by atoms with Crippen molar-refractivity contribution >= 4 is 16.9 Å². The van der Waals surface area contributed by atoms with Gasteiger partial charge in [-0.15, -0.1) is 0 Å². The molecule has 5 rings (SSSR count). The van der Waals surface area contributed by atoms with Gasteiger partial charge in [0.2, 0.25) is 0 Å². The molecule has 0 N–H and O–H groups in total. The lowest BCUT2D eigenvalue weighted by Crippen LogP contribution is -2.38. The molecule has 120 valence electrons. The van der Waals surface area contributed by atoms with Gasteiger partial charge in [-0.2, -0.15) is 0 Å². The lowest BCUT2D eigenvalue weighted by Gasteiger charge is -2.35. The van der Waals surface area contributed by atoms with Crippen molar-refractivity contribution in [1.82, 2.24) is 9.55 Å². The van der Waals surface area contributed by atoms with Gasteiger partial charge < -0.3 is 0 Å². The molecular formula is C22H16N2O. The number of para-hydroxylation sites is 2. The van der Waals surface area contributed by atoms with Crippen LogP contribution in [0.15, 0.2) is 78.9 Å². The Morgan fingerprint density at radius 2 is 1.52 bits per heavy atom. The molecule has 3 heteroatoms.